The molecule has 82 valence electrons. The normalized spacial score (nSPS) is 12.1. The Labute approximate surface area is 87.8 Å². The van der Waals surface area contributed by atoms with Crippen molar-refractivity contribution >= 4 is 5.91 Å². The van der Waals surface area contributed by atoms with E-state index in [0.717, 1.165) is 0 Å². The Bertz CT molecular complexity index is 300. The van der Waals surface area contributed by atoms with Gasteiger partial charge in [-0.05, 0) is 12.1 Å². The molecule has 0 radical (unpaired) electrons. The van der Waals surface area contributed by atoms with Gasteiger partial charge in [-0.15, -0.1) is 0 Å². The average molecular weight is 210 g/mol. The standard InChI is InChI=1S/C9H14N4O2/c1-15-8(5-10)9(14)11-6-7-3-2-4-12-13-7/h2-4,8H,5-6,10H2,1H3,(H,11,14). The number of hydrogen-bond donors (Lipinski definition) is 2. The molecule has 6 nitrogen and oxygen atoms in total. The third-order valence-corrected chi connectivity index (χ3v) is 1.86. The number of nitrogens with two attached hydrogens (primary N) is 1. The lowest BCUT2D eigenvalue weighted by molar-refractivity contribution is -0.130. The van der Waals surface area contributed by atoms with Gasteiger partial charge in [0, 0.05) is 19.9 Å². The van der Waals surface area contributed by atoms with Gasteiger partial charge in [0.1, 0.15) is 6.10 Å². The molecule has 0 aliphatic rings. The molecule has 1 rings (SSSR count). The Hall–Kier alpha value is -1.53. The molecule has 0 saturated carbocycles. The van der Waals surface area contributed by atoms with E-state index in [2.05, 4.69) is 15.5 Å². The fourth-order valence-corrected chi connectivity index (χ4v) is 1.03. The first-order valence-corrected chi connectivity index (χ1v) is 4.55. The van der Waals surface area contributed by atoms with Gasteiger partial charge in [0.05, 0.1) is 12.2 Å². The zero-order valence-electron chi connectivity index (χ0n) is 8.51. The van der Waals surface area contributed by atoms with Crippen LogP contribution in [0.15, 0.2) is 18.3 Å². The molecule has 1 heterocycles. The fourth-order valence-electron chi connectivity index (χ4n) is 1.03. The number of carbonyl (C=O) groups excluding carboxylic acids is 1. The minimum Gasteiger partial charge on any atom is -0.370 e. The van der Waals surface area contributed by atoms with E-state index in [1.165, 1.54) is 7.11 Å². The van der Waals surface area contributed by atoms with E-state index in [0.29, 0.717) is 12.2 Å². The van der Waals surface area contributed by atoms with Gasteiger partial charge in [0.15, 0.2) is 0 Å². The third-order valence-electron chi connectivity index (χ3n) is 1.86. The molecule has 0 aliphatic carbocycles. The fraction of sp³-hybridized carbons (Fsp3) is 0.444. The largest absolute Gasteiger partial charge is 0.370 e. The second-order valence-corrected chi connectivity index (χ2v) is 2.89. The summed E-state index contributed by atoms with van der Waals surface area (Å²) in [7, 11) is 1.44. The molecular formula is C9H14N4O2. The van der Waals surface area contributed by atoms with Crippen molar-refractivity contribution in [3.05, 3.63) is 24.0 Å². The average Bonchev–Trinajstić information content (AvgIpc) is 2.29. The maximum Gasteiger partial charge on any atom is 0.250 e. The van der Waals surface area contributed by atoms with Crippen LogP contribution in [0.5, 0.6) is 0 Å². The minimum atomic E-state index is -0.610. The lowest BCUT2D eigenvalue weighted by Crippen LogP contribution is -2.40. The molecule has 0 aliphatic heterocycles. The van der Waals surface area contributed by atoms with Crippen molar-refractivity contribution in [1.29, 1.82) is 0 Å². The van der Waals surface area contributed by atoms with Gasteiger partial charge in [0.25, 0.3) is 5.91 Å². The number of carbonyl (C=O) groups is 1. The van der Waals surface area contributed by atoms with E-state index in [9.17, 15) is 4.79 Å². The summed E-state index contributed by atoms with van der Waals surface area (Å²) in [5, 5.41) is 10.2. The van der Waals surface area contributed by atoms with Gasteiger partial charge in [-0.3, -0.25) is 4.79 Å². The molecule has 1 unspecified atom stereocenters. The van der Waals surface area contributed by atoms with Gasteiger partial charge < -0.3 is 15.8 Å². The summed E-state index contributed by atoms with van der Waals surface area (Å²) in [6.45, 7) is 0.481. The van der Waals surface area contributed by atoms with Crippen molar-refractivity contribution < 1.29 is 9.53 Å². The maximum absolute atomic E-state index is 11.4. The van der Waals surface area contributed by atoms with E-state index < -0.39 is 6.10 Å². The summed E-state index contributed by atoms with van der Waals surface area (Å²) in [6.07, 6.45) is 0.963. The van der Waals surface area contributed by atoms with Crippen LogP contribution in [0.4, 0.5) is 0 Å². The van der Waals surface area contributed by atoms with Crippen LogP contribution in [0.25, 0.3) is 0 Å². The summed E-state index contributed by atoms with van der Waals surface area (Å²) in [4.78, 5) is 11.4. The summed E-state index contributed by atoms with van der Waals surface area (Å²) >= 11 is 0. The molecule has 0 bridgehead atoms. The highest BCUT2D eigenvalue weighted by molar-refractivity contribution is 5.80. The van der Waals surface area contributed by atoms with Gasteiger partial charge >= 0.3 is 0 Å². The summed E-state index contributed by atoms with van der Waals surface area (Å²) in [5.74, 6) is -0.245. The molecule has 0 spiro atoms. The number of rotatable bonds is 5. The Morgan fingerprint density at radius 2 is 2.53 bits per heavy atom. The summed E-state index contributed by atoms with van der Waals surface area (Å²) in [5.41, 5.74) is 6.03. The van der Waals surface area contributed by atoms with Crippen molar-refractivity contribution in [1.82, 2.24) is 15.5 Å². The number of nitrogens with zero attached hydrogens (tertiary/aromatic N) is 2. The highest BCUT2D eigenvalue weighted by atomic mass is 16.5. The Kier molecular flexibility index (Phi) is 4.65. The topological polar surface area (TPSA) is 90.1 Å². The molecule has 0 fully saturated rings. The Morgan fingerprint density at radius 1 is 1.73 bits per heavy atom. The first-order chi connectivity index (χ1) is 7.27. The SMILES string of the molecule is COC(CN)C(=O)NCc1cccnn1. The monoisotopic (exact) mass is 210 g/mol. The van der Waals surface area contributed by atoms with Gasteiger partial charge in [0.2, 0.25) is 0 Å². The van der Waals surface area contributed by atoms with Crippen LogP contribution in [-0.2, 0) is 16.1 Å². The molecule has 6 heteroatoms. The van der Waals surface area contributed by atoms with Crippen LogP contribution in [0, 0.1) is 0 Å². The second kappa shape index (κ2) is 6.05. The Balaban J connectivity index is 2.40. The molecule has 15 heavy (non-hydrogen) atoms. The van der Waals surface area contributed by atoms with Crippen molar-refractivity contribution in [2.75, 3.05) is 13.7 Å². The molecule has 1 atom stereocenters. The zero-order chi connectivity index (χ0) is 11.1. The number of nitrogens with one attached hydrogen (secondary N) is 1. The molecule has 3 N–H and O–H groups in total. The summed E-state index contributed by atoms with van der Waals surface area (Å²) in [6, 6.07) is 3.53. The second-order valence-electron chi connectivity index (χ2n) is 2.89. The van der Waals surface area contributed by atoms with E-state index in [1.807, 2.05) is 0 Å². The van der Waals surface area contributed by atoms with Crippen LogP contribution in [-0.4, -0.2) is 35.9 Å². The van der Waals surface area contributed by atoms with E-state index in [4.69, 9.17) is 10.5 Å². The predicted octanol–water partition coefficient (Wildman–Crippen LogP) is -0.933. The van der Waals surface area contributed by atoms with Crippen LogP contribution in [0.1, 0.15) is 5.69 Å². The summed E-state index contributed by atoms with van der Waals surface area (Å²) < 4.78 is 4.88. The lowest BCUT2D eigenvalue weighted by atomic mass is 10.3. The predicted molar refractivity (Wildman–Crippen MR) is 53.7 cm³/mol. The lowest BCUT2D eigenvalue weighted by Gasteiger charge is -2.12. The van der Waals surface area contributed by atoms with E-state index in [1.54, 1.807) is 18.3 Å². The molecule has 1 aromatic rings. The van der Waals surface area contributed by atoms with Crippen molar-refractivity contribution in [2.24, 2.45) is 5.73 Å². The number of aromatic nitrogens is 2. The molecule has 0 saturated heterocycles. The van der Waals surface area contributed by atoms with Gasteiger partial charge in [-0.2, -0.15) is 10.2 Å². The van der Waals surface area contributed by atoms with E-state index in [-0.39, 0.29) is 12.5 Å². The highest BCUT2D eigenvalue weighted by Crippen LogP contribution is 1.92. The molecule has 1 amide bonds. The van der Waals surface area contributed by atoms with Crippen LogP contribution < -0.4 is 11.1 Å². The van der Waals surface area contributed by atoms with Crippen molar-refractivity contribution in [3.63, 3.8) is 0 Å². The highest BCUT2D eigenvalue weighted by Gasteiger charge is 2.14. The maximum atomic E-state index is 11.4. The Morgan fingerprint density at radius 3 is 3.07 bits per heavy atom. The number of methoxy groups -OCH3 is 1. The number of hydrogen-bond acceptors (Lipinski definition) is 5. The minimum absolute atomic E-state index is 0.156. The van der Waals surface area contributed by atoms with Crippen LogP contribution >= 0.6 is 0 Å². The number of amides is 1. The van der Waals surface area contributed by atoms with Crippen LogP contribution in [0.2, 0.25) is 0 Å². The smallest absolute Gasteiger partial charge is 0.250 e. The number of ether oxygens (including phenoxy) is 1. The van der Waals surface area contributed by atoms with Crippen molar-refractivity contribution in [3.8, 4) is 0 Å². The van der Waals surface area contributed by atoms with Gasteiger partial charge in [-0.1, -0.05) is 0 Å². The quantitative estimate of drug-likeness (QED) is 0.655. The molecule has 0 aromatic carbocycles. The molecular weight excluding hydrogens is 196 g/mol. The third kappa shape index (κ3) is 3.61. The molecule has 1 aromatic heterocycles. The first-order valence-electron chi connectivity index (χ1n) is 4.55. The first kappa shape index (κ1) is 11.5. The van der Waals surface area contributed by atoms with Crippen LogP contribution in [0.3, 0.4) is 0 Å². The van der Waals surface area contributed by atoms with Gasteiger partial charge in [-0.25, -0.2) is 0 Å². The van der Waals surface area contributed by atoms with E-state index >= 15 is 0 Å². The van der Waals surface area contributed by atoms with Crippen molar-refractivity contribution in [2.45, 2.75) is 12.6 Å². The zero-order valence-corrected chi connectivity index (χ0v) is 8.51.